The Labute approximate surface area is 214 Å². The molecule has 8 nitrogen and oxygen atoms in total. The van der Waals surface area contributed by atoms with E-state index < -0.39 is 48.8 Å². The van der Waals surface area contributed by atoms with Crippen LogP contribution in [0.4, 0.5) is 31.1 Å². The molecule has 0 bridgehead atoms. The van der Waals surface area contributed by atoms with E-state index in [0.717, 1.165) is 34.9 Å². The fraction of sp³-hybridized carbons (Fsp3) is 0.500. The highest BCUT2D eigenvalue weighted by Crippen LogP contribution is 2.30. The number of halogens is 6. The first kappa shape index (κ1) is 29.0. The average Bonchev–Trinajstić information content (AvgIpc) is 2.84. The Morgan fingerprint density at radius 1 is 1.05 bits per heavy atom. The van der Waals surface area contributed by atoms with Crippen molar-refractivity contribution < 1.29 is 35.9 Å². The summed E-state index contributed by atoms with van der Waals surface area (Å²) < 4.78 is 77.9. The van der Waals surface area contributed by atoms with Gasteiger partial charge in [0.1, 0.15) is 12.4 Å². The van der Waals surface area contributed by atoms with Gasteiger partial charge in [0.2, 0.25) is 5.91 Å². The van der Waals surface area contributed by atoms with Crippen molar-refractivity contribution in [2.45, 2.75) is 57.0 Å². The number of nitrogens with zero attached hydrogens (tertiary/aromatic N) is 3. The third-order valence-corrected chi connectivity index (χ3v) is 6.16. The number of benzene rings is 1. The van der Waals surface area contributed by atoms with Gasteiger partial charge in [0.15, 0.2) is 0 Å². The summed E-state index contributed by atoms with van der Waals surface area (Å²) in [5.74, 6) is -0.507. The smallest absolute Gasteiger partial charge is 0.341 e. The van der Waals surface area contributed by atoms with Crippen molar-refractivity contribution in [2.24, 2.45) is 0 Å². The van der Waals surface area contributed by atoms with Crippen molar-refractivity contribution in [3.05, 3.63) is 52.1 Å². The Bertz CT molecular complexity index is 1190. The molecule has 14 heteroatoms. The molecule has 1 aliphatic heterocycles. The lowest BCUT2D eigenvalue weighted by Crippen LogP contribution is -2.49. The summed E-state index contributed by atoms with van der Waals surface area (Å²) in [4.78, 5) is 43.1. The van der Waals surface area contributed by atoms with E-state index in [1.165, 1.54) is 11.9 Å². The molecule has 1 aromatic carbocycles. The fourth-order valence-electron chi connectivity index (χ4n) is 4.10. The highest BCUT2D eigenvalue weighted by molar-refractivity contribution is 5.76. The van der Waals surface area contributed by atoms with Crippen molar-refractivity contribution in [1.29, 1.82) is 0 Å². The summed E-state index contributed by atoms with van der Waals surface area (Å²) in [6.07, 6.45) is -9.82. The van der Waals surface area contributed by atoms with E-state index in [-0.39, 0.29) is 35.6 Å². The second kappa shape index (κ2) is 11.9. The average molecular weight is 547 g/mol. The maximum absolute atomic E-state index is 12.9. The number of urea groups is 1. The van der Waals surface area contributed by atoms with Crippen LogP contribution in [0.3, 0.4) is 0 Å². The minimum Gasteiger partial charge on any atom is -0.341 e. The number of hydrogen-bond acceptors (Lipinski definition) is 4. The molecule has 1 aliphatic rings. The zero-order valence-corrected chi connectivity index (χ0v) is 20.5. The molecule has 3 rings (SSSR count). The third-order valence-electron chi connectivity index (χ3n) is 6.16. The number of nitrogens with one attached hydrogen (secondary N) is 2. The number of piperidine rings is 1. The standard InChI is InChI=1S/C24H27F6N5O3/c1-31-22(38)32-17-8-11-34(12-9-17)21(37)14-35-19(3-2-10-23(25,26)27)33-18(13-20(35)36)15-4-6-16(7-5-15)24(28,29)30/h4-7,13,17H,2-3,8-12,14H2,1H3,(H2,31,32,38). The number of aromatic nitrogens is 2. The lowest BCUT2D eigenvalue weighted by atomic mass is 10.1. The third kappa shape index (κ3) is 7.96. The van der Waals surface area contributed by atoms with Crippen LogP contribution in [0.25, 0.3) is 11.3 Å². The van der Waals surface area contributed by atoms with Gasteiger partial charge in [-0.3, -0.25) is 14.2 Å². The number of carbonyl (C=O) groups excluding carboxylic acids is 2. The first-order valence-electron chi connectivity index (χ1n) is 11.9. The van der Waals surface area contributed by atoms with Gasteiger partial charge in [-0.1, -0.05) is 12.1 Å². The molecule has 2 heterocycles. The molecule has 0 spiro atoms. The SMILES string of the molecule is CNC(=O)NC1CCN(C(=O)Cn2c(CCCC(F)(F)F)nc(-c3ccc(C(F)(F)F)cc3)cc2=O)CC1. The molecule has 1 saturated heterocycles. The van der Waals surface area contributed by atoms with Gasteiger partial charge in [-0.05, 0) is 31.4 Å². The number of carbonyl (C=O) groups is 2. The summed E-state index contributed by atoms with van der Waals surface area (Å²) in [5, 5.41) is 5.20. The number of rotatable bonds is 7. The monoisotopic (exact) mass is 547 g/mol. The van der Waals surface area contributed by atoms with Crippen LogP contribution in [0.15, 0.2) is 35.1 Å². The first-order chi connectivity index (χ1) is 17.8. The van der Waals surface area contributed by atoms with Gasteiger partial charge >= 0.3 is 18.4 Å². The van der Waals surface area contributed by atoms with Gasteiger partial charge in [-0.15, -0.1) is 0 Å². The van der Waals surface area contributed by atoms with Gasteiger partial charge < -0.3 is 15.5 Å². The summed E-state index contributed by atoms with van der Waals surface area (Å²) in [7, 11) is 1.48. The molecule has 0 atom stereocenters. The van der Waals surface area contributed by atoms with Crippen LogP contribution >= 0.6 is 0 Å². The van der Waals surface area contributed by atoms with Crippen LogP contribution in [-0.2, 0) is 23.9 Å². The molecular formula is C24H27F6N5O3. The topological polar surface area (TPSA) is 96.3 Å². The molecule has 1 fully saturated rings. The Morgan fingerprint density at radius 3 is 2.24 bits per heavy atom. The molecule has 208 valence electrons. The predicted octanol–water partition coefficient (Wildman–Crippen LogP) is 3.73. The molecule has 0 aliphatic carbocycles. The van der Waals surface area contributed by atoms with Crippen LogP contribution in [0.5, 0.6) is 0 Å². The van der Waals surface area contributed by atoms with Crippen LogP contribution in [-0.4, -0.2) is 58.7 Å². The van der Waals surface area contributed by atoms with Crippen molar-refractivity contribution in [3.8, 4) is 11.3 Å². The largest absolute Gasteiger partial charge is 0.416 e. The fourth-order valence-corrected chi connectivity index (χ4v) is 4.10. The van der Waals surface area contributed by atoms with Gasteiger partial charge in [0.25, 0.3) is 5.56 Å². The van der Waals surface area contributed by atoms with Crippen molar-refractivity contribution in [3.63, 3.8) is 0 Å². The first-order valence-corrected chi connectivity index (χ1v) is 11.9. The van der Waals surface area contributed by atoms with Crippen molar-refractivity contribution in [1.82, 2.24) is 25.1 Å². The number of likely N-dealkylation sites (tertiary alicyclic amines) is 1. The maximum Gasteiger partial charge on any atom is 0.416 e. The second-order valence-corrected chi connectivity index (χ2v) is 8.90. The Hall–Kier alpha value is -3.58. The molecule has 3 amide bonds. The van der Waals surface area contributed by atoms with E-state index in [9.17, 15) is 40.7 Å². The number of amides is 3. The van der Waals surface area contributed by atoms with Crippen LogP contribution in [0.2, 0.25) is 0 Å². The van der Waals surface area contributed by atoms with E-state index in [1.54, 1.807) is 0 Å². The molecule has 0 unspecified atom stereocenters. The van der Waals surface area contributed by atoms with Gasteiger partial charge in [-0.25, -0.2) is 9.78 Å². The van der Waals surface area contributed by atoms with Crippen LogP contribution in [0, 0.1) is 0 Å². The van der Waals surface area contributed by atoms with Crippen LogP contribution < -0.4 is 16.2 Å². The minimum atomic E-state index is -4.56. The highest BCUT2D eigenvalue weighted by atomic mass is 19.4. The minimum absolute atomic E-state index is 0.00415. The zero-order valence-electron chi connectivity index (χ0n) is 20.5. The van der Waals surface area contributed by atoms with Gasteiger partial charge in [0, 0.05) is 50.7 Å². The van der Waals surface area contributed by atoms with Crippen molar-refractivity contribution in [2.75, 3.05) is 20.1 Å². The van der Waals surface area contributed by atoms with Crippen molar-refractivity contribution >= 4 is 11.9 Å². The molecule has 0 radical (unpaired) electrons. The van der Waals surface area contributed by atoms with E-state index in [1.807, 2.05) is 0 Å². The molecule has 2 N–H and O–H groups in total. The maximum atomic E-state index is 12.9. The number of hydrogen-bond donors (Lipinski definition) is 2. The van der Waals surface area contributed by atoms with E-state index in [0.29, 0.717) is 25.9 Å². The summed E-state index contributed by atoms with van der Waals surface area (Å²) in [5.41, 5.74) is -1.44. The van der Waals surface area contributed by atoms with E-state index >= 15 is 0 Å². The normalized spacial score (nSPS) is 14.9. The lowest BCUT2D eigenvalue weighted by molar-refractivity contribution is -0.137. The van der Waals surface area contributed by atoms with Crippen LogP contribution in [0.1, 0.15) is 37.1 Å². The molecule has 0 saturated carbocycles. The van der Waals surface area contributed by atoms with Gasteiger partial charge in [-0.2, -0.15) is 26.3 Å². The molecule has 38 heavy (non-hydrogen) atoms. The second-order valence-electron chi connectivity index (χ2n) is 8.90. The number of aryl methyl sites for hydroxylation is 1. The highest BCUT2D eigenvalue weighted by Gasteiger charge is 2.30. The molecule has 2 aromatic rings. The quantitative estimate of drug-likeness (QED) is 0.517. The Kier molecular flexibility index (Phi) is 9.05. The summed E-state index contributed by atoms with van der Waals surface area (Å²) in [6.45, 7) is 0.166. The number of alkyl halides is 6. The van der Waals surface area contributed by atoms with E-state index in [2.05, 4.69) is 15.6 Å². The Balaban J connectivity index is 1.81. The molecule has 1 aromatic heterocycles. The zero-order chi connectivity index (χ0) is 28.1. The lowest BCUT2D eigenvalue weighted by Gasteiger charge is -2.32. The Morgan fingerprint density at radius 2 is 1.68 bits per heavy atom. The summed E-state index contributed by atoms with van der Waals surface area (Å²) in [6, 6.07) is 4.44. The van der Waals surface area contributed by atoms with Gasteiger partial charge in [0.05, 0.1) is 11.3 Å². The predicted molar refractivity (Wildman–Crippen MR) is 125 cm³/mol. The van der Waals surface area contributed by atoms with E-state index in [4.69, 9.17) is 0 Å². The summed E-state index contributed by atoms with van der Waals surface area (Å²) >= 11 is 0. The molecular weight excluding hydrogens is 520 g/mol.